The molecule has 0 bridgehead atoms. The minimum absolute atomic E-state index is 0.0627. The molecule has 0 aliphatic carbocycles. The summed E-state index contributed by atoms with van der Waals surface area (Å²) in [5.41, 5.74) is 2.47. The maximum atomic E-state index is 14.3. The largest absolute Gasteiger partial charge is 0.254 e. The molecule has 0 aromatic heterocycles. The average Bonchev–Trinajstić information content (AvgIpc) is 2.85. The lowest BCUT2D eigenvalue weighted by Gasteiger charge is -2.25. The van der Waals surface area contributed by atoms with E-state index in [1.54, 1.807) is 0 Å². The molecule has 0 aliphatic rings. The van der Waals surface area contributed by atoms with Gasteiger partial charge in [-0.3, -0.25) is 0 Å². The molecular weight excluding hydrogens is 526 g/mol. The molecule has 0 saturated heterocycles. The lowest BCUT2D eigenvalue weighted by Crippen LogP contribution is -2.34. The summed E-state index contributed by atoms with van der Waals surface area (Å²) in [4.78, 5) is 0.125. The van der Waals surface area contributed by atoms with Gasteiger partial charge >= 0.3 is 0 Å². The predicted molar refractivity (Wildman–Crippen MR) is 162 cm³/mol. The van der Waals surface area contributed by atoms with Crippen LogP contribution in [0.4, 0.5) is 0 Å². The van der Waals surface area contributed by atoms with E-state index in [1.165, 1.54) is 0 Å². The SMILES string of the molecule is CC(C)c1cc2ccccc2c(C(C)C)c1S(=O)(=O)NS(=O)(=O)c1c(C(C)C)cc2ccccc2c1C(C)C. The zero-order valence-corrected chi connectivity index (χ0v) is 25.7. The zero-order chi connectivity index (χ0) is 28.9. The normalized spacial score (nSPS) is 13.0. The molecule has 4 rings (SSSR count). The highest BCUT2D eigenvalue weighted by Gasteiger charge is 2.35. The summed E-state index contributed by atoms with van der Waals surface area (Å²) in [6.07, 6.45) is 0. The van der Waals surface area contributed by atoms with Crippen LogP contribution in [0.2, 0.25) is 0 Å². The van der Waals surface area contributed by atoms with E-state index < -0.39 is 20.0 Å². The van der Waals surface area contributed by atoms with E-state index in [0.29, 0.717) is 22.3 Å². The molecule has 0 saturated carbocycles. The van der Waals surface area contributed by atoms with Crippen molar-refractivity contribution in [2.24, 2.45) is 0 Å². The molecule has 7 heteroatoms. The summed E-state index contributed by atoms with van der Waals surface area (Å²) in [5, 5.41) is 3.49. The second-order valence-electron chi connectivity index (χ2n) is 11.6. The summed E-state index contributed by atoms with van der Waals surface area (Å²) in [6.45, 7) is 15.5. The van der Waals surface area contributed by atoms with Gasteiger partial charge in [0.2, 0.25) is 0 Å². The summed E-state index contributed by atoms with van der Waals surface area (Å²) in [5.74, 6) is -0.582. The van der Waals surface area contributed by atoms with E-state index in [9.17, 15) is 16.8 Å². The Morgan fingerprint density at radius 3 is 1.15 bits per heavy atom. The molecule has 1 N–H and O–H groups in total. The molecule has 5 nitrogen and oxygen atoms in total. The van der Waals surface area contributed by atoms with Crippen molar-refractivity contribution < 1.29 is 16.8 Å². The van der Waals surface area contributed by atoms with Crippen molar-refractivity contribution in [2.45, 2.75) is 88.9 Å². The van der Waals surface area contributed by atoms with Crippen molar-refractivity contribution in [3.05, 3.63) is 82.9 Å². The van der Waals surface area contributed by atoms with Gasteiger partial charge in [0, 0.05) is 0 Å². The van der Waals surface area contributed by atoms with Crippen LogP contribution in [-0.2, 0) is 20.0 Å². The first kappa shape index (κ1) is 29.2. The fourth-order valence-corrected chi connectivity index (χ4v) is 9.89. The Kier molecular flexibility index (Phi) is 8.01. The maximum absolute atomic E-state index is 14.3. The Morgan fingerprint density at radius 2 is 0.846 bits per heavy atom. The van der Waals surface area contributed by atoms with E-state index >= 15 is 0 Å². The van der Waals surface area contributed by atoms with Gasteiger partial charge < -0.3 is 0 Å². The number of nitrogens with one attached hydrogen (secondary N) is 1. The topological polar surface area (TPSA) is 80.3 Å². The molecule has 0 aliphatic heterocycles. The highest BCUT2D eigenvalue weighted by Crippen LogP contribution is 2.40. The molecule has 0 heterocycles. The van der Waals surface area contributed by atoms with Crippen LogP contribution < -0.4 is 4.13 Å². The van der Waals surface area contributed by atoms with E-state index in [1.807, 2.05) is 116 Å². The van der Waals surface area contributed by atoms with Gasteiger partial charge in [0.25, 0.3) is 20.0 Å². The quantitative estimate of drug-likeness (QED) is 0.234. The van der Waals surface area contributed by atoms with Crippen LogP contribution in [-0.4, -0.2) is 16.8 Å². The maximum Gasteiger partial charge on any atom is 0.254 e. The minimum Gasteiger partial charge on any atom is -0.206 e. The highest BCUT2D eigenvalue weighted by molar-refractivity contribution is 8.04. The van der Waals surface area contributed by atoms with Crippen molar-refractivity contribution in [2.75, 3.05) is 0 Å². The van der Waals surface area contributed by atoms with Crippen LogP contribution in [0.3, 0.4) is 0 Å². The molecule has 208 valence electrons. The third-order valence-corrected chi connectivity index (χ3v) is 11.0. The monoisotopic (exact) mass is 565 g/mol. The molecule has 0 radical (unpaired) electrons. The van der Waals surface area contributed by atoms with Crippen molar-refractivity contribution >= 4 is 41.6 Å². The van der Waals surface area contributed by atoms with Gasteiger partial charge in [-0.15, -0.1) is 4.13 Å². The second-order valence-corrected chi connectivity index (χ2v) is 15.1. The molecule has 0 atom stereocenters. The number of fused-ring (bicyclic) bond motifs is 2. The van der Waals surface area contributed by atoms with Crippen LogP contribution in [0.25, 0.3) is 21.5 Å². The van der Waals surface area contributed by atoms with Crippen molar-refractivity contribution in [1.82, 2.24) is 4.13 Å². The van der Waals surface area contributed by atoms with Gasteiger partial charge in [-0.25, -0.2) is 16.8 Å². The standard InChI is InChI=1S/C32H39NO4S2/c1-19(2)27-17-23-13-9-11-15-25(23)29(21(5)6)31(27)38(34,35)33-39(36,37)32-28(20(3)4)18-24-14-10-12-16-26(24)30(32)22(7)8/h9-22,33H,1-8H3. The van der Waals surface area contributed by atoms with Crippen LogP contribution >= 0.6 is 0 Å². The molecule has 4 aromatic rings. The van der Waals surface area contributed by atoms with Gasteiger partial charge in [0.15, 0.2) is 0 Å². The van der Waals surface area contributed by atoms with E-state index in [-0.39, 0.29) is 33.5 Å². The summed E-state index contributed by atoms with van der Waals surface area (Å²) in [6, 6.07) is 19.1. The number of hydrogen-bond acceptors (Lipinski definition) is 4. The molecule has 4 aromatic carbocycles. The second kappa shape index (κ2) is 10.7. The lowest BCUT2D eigenvalue weighted by atomic mass is 9.90. The number of hydrogen-bond donors (Lipinski definition) is 1. The minimum atomic E-state index is -4.49. The third-order valence-electron chi connectivity index (χ3n) is 7.29. The molecular formula is C32H39NO4S2. The molecule has 0 spiro atoms. The summed E-state index contributed by atoms with van der Waals surface area (Å²) < 4.78 is 59.2. The van der Waals surface area contributed by atoms with E-state index in [4.69, 9.17) is 0 Å². The Morgan fingerprint density at radius 1 is 0.513 bits per heavy atom. The Hall–Kier alpha value is -2.74. The Balaban J connectivity index is 2.04. The van der Waals surface area contributed by atoms with E-state index in [2.05, 4.69) is 4.13 Å². The van der Waals surface area contributed by atoms with Gasteiger partial charge in [-0.2, -0.15) is 0 Å². The summed E-state index contributed by atoms with van der Waals surface area (Å²) in [7, 11) is -8.97. The van der Waals surface area contributed by atoms with Gasteiger partial charge in [-0.1, -0.05) is 104 Å². The first-order valence-corrected chi connectivity index (χ1v) is 16.5. The molecule has 0 amide bonds. The fraction of sp³-hybridized carbons (Fsp3) is 0.375. The number of benzene rings is 4. The first-order valence-electron chi connectivity index (χ1n) is 13.6. The Labute approximate surface area is 233 Å². The van der Waals surface area contributed by atoms with Crippen molar-refractivity contribution in [3.63, 3.8) is 0 Å². The average molecular weight is 566 g/mol. The highest BCUT2D eigenvalue weighted by atomic mass is 32.3. The van der Waals surface area contributed by atoms with E-state index in [0.717, 1.165) is 21.5 Å². The third kappa shape index (κ3) is 5.37. The zero-order valence-electron chi connectivity index (χ0n) is 24.0. The van der Waals surface area contributed by atoms with Gasteiger partial charge in [-0.05, 0) is 79.6 Å². The Bertz CT molecular complexity index is 1640. The van der Waals surface area contributed by atoms with Crippen molar-refractivity contribution in [1.29, 1.82) is 0 Å². The number of rotatable bonds is 8. The van der Waals surface area contributed by atoms with Gasteiger partial charge in [0.05, 0.1) is 9.79 Å². The van der Waals surface area contributed by atoms with Crippen LogP contribution in [0, 0.1) is 0 Å². The van der Waals surface area contributed by atoms with Crippen LogP contribution in [0.15, 0.2) is 70.5 Å². The van der Waals surface area contributed by atoms with Crippen LogP contribution in [0.5, 0.6) is 0 Å². The lowest BCUT2D eigenvalue weighted by molar-refractivity contribution is 0.571. The van der Waals surface area contributed by atoms with Crippen LogP contribution in [0.1, 0.15) is 101 Å². The van der Waals surface area contributed by atoms with Crippen molar-refractivity contribution in [3.8, 4) is 0 Å². The smallest absolute Gasteiger partial charge is 0.206 e. The molecule has 39 heavy (non-hydrogen) atoms. The predicted octanol–water partition coefficient (Wildman–Crippen LogP) is 8.15. The molecule has 0 fully saturated rings. The first-order chi connectivity index (χ1) is 18.2. The fourth-order valence-electron chi connectivity index (χ4n) is 5.59. The summed E-state index contributed by atoms with van der Waals surface area (Å²) >= 11 is 0. The molecule has 0 unspecified atom stereocenters. The number of sulfonamides is 2. The van der Waals surface area contributed by atoms with Gasteiger partial charge in [0.1, 0.15) is 0 Å².